The maximum absolute atomic E-state index is 12.6. The highest BCUT2D eigenvalue weighted by Gasteiger charge is 2.22. The summed E-state index contributed by atoms with van der Waals surface area (Å²) in [4.78, 5) is 20.1. The van der Waals surface area contributed by atoms with Crippen molar-refractivity contribution in [3.63, 3.8) is 0 Å². The lowest BCUT2D eigenvalue weighted by atomic mass is 10.1. The molecule has 1 aromatic carbocycles. The summed E-state index contributed by atoms with van der Waals surface area (Å²) in [6.45, 7) is 5.49. The Labute approximate surface area is 174 Å². The standard InChI is InChI=1S/C23H22N4O3/c1-23(2,3)30-22(28)27-14-11-18-17(10-13-25-20(18)27)19-5-4-12-26-21(19)29-16-8-6-15(24)7-9-16/h4-14H,24H2,1-3H3/p+1. The number of nitrogens with one attached hydrogen (secondary N) is 1. The van der Waals surface area contributed by atoms with Crippen molar-refractivity contribution in [1.29, 1.82) is 0 Å². The molecule has 152 valence electrons. The third-order valence-corrected chi connectivity index (χ3v) is 4.39. The van der Waals surface area contributed by atoms with Gasteiger partial charge in [0.1, 0.15) is 17.0 Å². The van der Waals surface area contributed by atoms with Gasteiger partial charge in [-0.25, -0.2) is 14.3 Å². The van der Waals surface area contributed by atoms with Crippen molar-refractivity contribution in [3.8, 4) is 22.8 Å². The minimum atomic E-state index is -0.597. The molecule has 0 radical (unpaired) electrons. The van der Waals surface area contributed by atoms with Crippen molar-refractivity contribution in [3.05, 3.63) is 67.1 Å². The molecule has 0 aliphatic rings. The molecule has 0 bridgehead atoms. The summed E-state index contributed by atoms with van der Waals surface area (Å²) in [5.41, 5.74) is 8.06. The van der Waals surface area contributed by atoms with Gasteiger partial charge in [0.25, 0.3) is 0 Å². The van der Waals surface area contributed by atoms with E-state index in [-0.39, 0.29) is 0 Å². The fraction of sp³-hybridized carbons (Fsp3) is 0.174. The smallest absolute Gasteiger partial charge is 0.420 e. The first-order valence-electron chi connectivity index (χ1n) is 9.56. The average Bonchev–Trinajstić information content (AvgIpc) is 3.13. The Kier molecular flexibility index (Phi) is 4.87. The fourth-order valence-corrected chi connectivity index (χ4v) is 3.10. The van der Waals surface area contributed by atoms with Crippen LogP contribution in [0.3, 0.4) is 0 Å². The maximum atomic E-state index is 12.6. The highest BCUT2D eigenvalue weighted by molar-refractivity contribution is 5.97. The van der Waals surface area contributed by atoms with E-state index in [1.807, 2.05) is 45.0 Å². The molecule has 0 amide bonds. The topological polar surface area (TPSA) is 93.5 Å². The van der Waals surface area contributed by atoms with Crippen LogP contribution in [0.4, 0.5) is 10.5 Å². The number of pyridine rings is 2. The molecule has 0 fully saturated rings. The van der Waals surface area contributed by atoms with Gasteiger partial charge in [0.05, 0.1) is 5.56 Å². The van der Waals surface area contributed by atoms with Crippen LogP contribution >= 0.6 is 0 Å². The summed E-state index contributed by atoms with van der Waals surface area (Å²) in [6, 6.07) is 14.8. The van der Waals surface area contributed by atoms with Crippen LogP contribution in [0.15, 0.2) is 67.1 Å². The number of carbonyl (C=O) groups excluding carboxylic acids is 1. The molecule has 7 heteroatoms. The number of benzene rings is 1. The van der Waals surface area contributed by atoms with Gasteiger partial charge in [0, 0.05) is 35.1 Å². The van der Waals surface area contributed by atoms with Crippen LogP contribution in [-0.4, -0.2) is 21.2 Å². The lowest BCUT2D eigenvalue weighted by Crippen LogP contribution is -2.26. The van der Waals surface area contributed by atoms with Crippen LogP contribution in [0.1, 0.15) is 20.8 Å². The summed E-state index contributed by atoms with van der Waals surface area (Å²) in [5, 5.41) is 0.810. The number of aromatic amines is 1. The van der Waals surface area contributed by atoms with Crippen molar-refractivity contribution >= 4 is 22.8 Å². The Bertz CT molecular complexity index is 1210. The first-order valence-corrected chi connectivity index (χ1v) is 9.56. The van der Waals surface area contributed by atoms with Gasteiger partial charge in [-0.2, -0.15) is 4.98 Å². The van der Waals surface area contributed by atoms with Gasteiger partial charge in [-0.15, -0.1) is 0 Å². The van der Waals surface area contributed by atoms with Gasteiger partial charge in [-0.05, 0) is 63.2 Å². The molecular weight excluding hydrogens is 380 g/mol. The van der Waals surface area contributed by atoms with E-state index in [4.69, 9.17) is 15.2 Å². The van der Waals surface area contributed by atoms with E-state index in [2.05, 4.69) is 9.97 Å². The number of ether oxygens (including phenoxy) is 2. The third-order valence-electron chi connectivity index (χ3n) is 4.39. The molecule has 4 aromatic rings. The number of nitrogens with two attached hydrogens (primary N) is 1. The summed E-state index contributed by atoms with van der Waals surface area (Å²) in [5.74, 6) is 1.23. The Balaban J connectivity index is 1.76. The maximum Gasteiger partial charge on any atom is 0.420 e. The monoisotopic (exact) mass is 403 g/mol. The predicted molar refractivity (Wildman–Crippen MR) is 114 cm³/mol. The van der Waals surface area contributed by atoms with Gasteiger partial charge in [-0.1, -0.05) is 0 Å². The van der Waals surface area contributed by atoms with Crippen molar-refractivity contribution in [2.75, 3.05) is 5.73 Å². The second-order valence-electron chi connectivity index (χ2n) is 7.85. The van der Waals surface area contributed by atoms with Gasteiger partial charge in [0.2, 0.25) is 0 Å². The van der Waals surface area contributed by atoms with Crippen LogP contribution < -0.4 is 15.5 Å². The Morgan fingerprint density at radius 1 is 1.07 bits per heavy atom. The lowest BCUT2D eigenvalue weighted by molar-refractivity contribution is -0.390. The van der Waals surface area contributed by atoms with Crippen molar-refractivity contribution in [2.45, 2.75) is 26.4 Å². The van der Waals surface area contributed by atoms with Crippen LogP contribution in [-0.2, 0) is 4.74 Å². The number of fused-ring (bicyclic) bond motifs is 1. The number of anilines is 1. The van der Waals surface area contributed by atoms with Crippen molar-refractivity contribution in [1.82, 2.24) is 9.55 Å². The lowest BCUT2D eigenvalue weighted by Gasteiger charge is -2.19. The number of aromatic nitrogens is 3. The fourth-order valence-electron chi connectivity index (χ4n) is 3.10. The van der Waals surface area contributed by atoms with Gasteiger partial charge in [-0.3, -0.25) is 0 Å². The molecule has 0 spiro atoms. The molecule has 0 aliphatic carbocycles. The van der Waals surface area contributed by atoms with Crippen LogP contribution in [0.2, 0.25) is 0 Å². The number of rotatable bonds is 3. The van der Waals surface area contributed by atoms with E-state index in [0.29, 0.717) is 23.0 Å². The second-order valence-corrected chi connectivity index (χ2v) is 7.85. The largest absolute Gasteiger partial charge is 0.443 e. The number of nitrogens with zero attached hydrogens (tertiary/aromatic N) is 2. The van der Waals surface area contributed by atoms with E-state index in [1.54, 1.807) is 42.9 Å². The molecule has 3 aromatic heterocycles. The zero-order valence-corrected chi connectivity index (χ0v) is 17.0. The number of hydrogen-bond acceptors (Lipinski definition) is 5. The van der Waals surface area contributed by atoms with Crippen LogP contribution in [0.5, 0.6) is 11.6 Å². The van der Waals surface area contributed by atoms with E-state index in [1.165, 1.54) is 4.57 Å². The van der Waals surface area contributed by atoms with E-state index >= 15 is 0 Å². The third kappa shape index (κ3) is 3.96. The number of H-pyrrole nitrogens is 1. The minimum Gasteiger partial charge on any atom is -0.443 e. The number of nitrogen functional groups attached to an aromatic ring is 1. The van der Waals surface area contributed by atoms with Crippen molar-refractivity contribution < 1.29 is 19.3 Å². The molecule has 0 unspecified atom stereocenters. The van der Waals surface area contributed by atoms with E-state index in [0.717, 1.165) is 16.5 Å². The molecule has 7 nitrogen and oxygen atoms in total. The highest BCUT2D eigenvalue weighted by Crippen LogP contribution is 2.34. The Morgan fingerprint density at radius 3 is 2.57 bits per heavy atom. The summed E-state index contributed by atoms with van der Waals surface area (Å²) in [6.07, 6.45) is 4.65. The highest BCUT2D eigenvalue weighted by atomic mass is 16.6. The molecule has 30 heavy (non-hydrogen) atoms. The summed E-state index contributed by atoms with van der Waals surface area (Å²) < 4.78 is 13.0. The zero-order valence-electron chi connectivity index (χ0n) is 17.0. The molecule has 0 saturated carbocycles. The molecule has 0 atom stereocenters. The zero-order chi connectivity index (χ0) is 21.3. The Morgan fingerprint density at radius 2 is 1.83 bits per heavy atom. The average molecular weight is 403 g/mol. The van der Waals surface area contributed by atoms with Crippen LogP contribution in [0, 0.1) is 0 Å². The van der Waals surface area contributed by atoms with E-state index in [9.17, 15) is 4.79 Å². The minimum absolute atomic E-state index is 0.472. The molecule has 3 N–H and O–H groups in total. The molecule has 0 saturated heterocycles. The van der Waals surface area contributed by atoms with Gasteiger partial charge >= 0.3 is 12.0 Å². The molecular formula is C23H23N4O3+. The number of carbonyl (C=O) groups is 1. The molecule has 4 rings (SSSR count). The predicted octanol–water partition coefficient (Wildman–Crippen LogP) is 4.68. The quantitative estimate of drug-likeness (QED) is 0.502. The van der Waals surface area contributed by atoms with Crippen LogP contribution in [0.25, 0.3) is 22.2 Å². The Hall–Kier alpha value is -3.87. The van der Waals surface area contributed by atoms with Gasteiger partial charge in [0.15, 0.2) is 6.20 Å². The SMILES string of the molecule is CC(C)(C)OC(=O)n1ccc2c(-c3ccc[nH+]c3Oc3ccc(N)cc3)ccnc21. The molecule has 0 aliphatic heterocycles. The summed E-state index contributed by atoms with van der Waals surface area (Å²) in [7, 11) is 0. The normalized spacial score (nSPS) is 11.4. The van der Waals surface area contributed by atoms with Crippen molar-refractivity contribution in [2.24, 2.45) is 0 Å². The van der Waals surface area contributed by atoms with Gasteiger partial charge < -0.3 is 15.2 Å². The second kappa shape index (κ2) is 7.51. The van der Waals surface area contributed by atoms with E-state index < -0.39 is 11.7 Å². The first-order chi connectivity index (χ1) is 14.3. The summed E-state index contributed by atoms with van der Waals surface area (Å²) >= 11 is 0. The number of hydrogen-bond donors (Lipinski definition) is 1. The molecule has 3 heterocycles. The first kappa shape index (κ1) is 19.4.